The molecular formula is C23H25N3O3. The number of likely N-dealkylation sites (tertiary alicyclic amines) is 1. The summed E-state index contributed by atoms with van der Waals surface area (Å²) < 4.78 is 4.73. The highest BCUT2D eigenvalue weighted by Gasteiger charge is 2.29. The van der Waals surface area contributed by atoms with Crippen LogP contribution < -0.4 is 5.32 Å². The average Bonchev–Trinajstić information content (AvgIpc) is 3.07. The Kier molecular flexibility index (Phi) is 5.71. The summed E-state index contributed by atoms with van der Waals surface area (Å²) in [7, 11) is 1.33. The van der Waals surface area contributed by atoms with Crippen molar-refractivity contribution in [2.45, 2.75) is 31.7 Å². The summed E-state index contributed by atoms with van der Waals surface area (Å²) in [6.07, 6.45) is 5.58. The second-order valence-corrected chi connectivity index (χ2v) is 7.54. The van der Waals surface area contributed by atoms with E-state index in [4.69, 9.17) is 4.74 Å². The Balaban J connectivity index is 1.44. The summed E-state index contributed by atoms with van der Waals surface area (Å²) in [5.41, 5.74) is 3.96. The number of nitrogens with one attached hydrogen (secondary N) is 1. The smallest absolute Gasteiger partial charge is 0.337 e. The van der Waals surface area contributed by atoms with Gasteiger partial charge in [-0.2, -0.15) is 0 Å². The number of anilines is 1. The number of carbonyl (C=O) groups excluding carboxylic acids is 2. The van der Waals surface area contributed by atoms with Crippen LogP contribution in [0, 0.1) is 0 Å². The van der Waals surface area contributed by atoms with E-state index in [9.17, 15) is 9.59 Å². The van der Waals surface area contributed by atoms with Gasteiger partial charge in [0.15, 0.2) is 0 Å². The number of methoxy groups -OCH3 is 1. The standard InChI is InChI=1S/C23H25N3O3/c1-29-23(28)17-7-10-19-20(22(27)25-21(19)13-17)14-24-18-8-5-16(6-9-18)15-26-11-3-2-4-12-26/h5-10,13-14,20H,2-4,11-12,15H2,1H3,(H,25,27). The molecule has 1 unspecified atom stereocenters. The molecular weight excluding hydrogens is 366 g/mol. The van der Waals surface area contributed by atoms with E-state index >= 15 is 0 Å². The van der Waals surface area contributed by atoms with E-state index in [0.717, 1.165) is 17.8 Å². The van der Waals surface area contributed by atoms with E-state index in [-0.39, 0.29) is 5.91 Å². The van der Waals surface area contributed by atoms with Crippen LogP contribution in [0.3, 0.4) is 0 Å². The number of fused-ring (bicyclic) bond motifs is 1. The predicted molar refractivity (Wildman–Crippen MR) is 113 cm³/mol. The number of hydrogen-bond donors (Lipinski definition) is 1. The van der Waals surface area contributed by atoms with Crippen molar-refractivity contribution in [1.82, 2.24) is 4.90 Å². The van der Waals surface area contributed by atoms with Crippen LogP contribution in [0.5, 0.6) is 0 Å². The van der Waals surface area contributed by atoms with E-state index in [1.165, 1.54) is 45.0 Å². The van der Waals surface area contributed by atoms with Crippen molar-refractivity contribution in [2.24, 2.45) is 4.99 Å². The van der Waals surface area contributed by atoms with Gasteiger partial charge < -0.3 is 10.1 Å². The van der Waals surface area contributed by atoms with Crippen LogP contribution in [0.1, 0.15) is 46.7 Å². The van der Waals surface area contributed by atoms with Gasteiger partial charge in [-0.1, -0.05) is 24.6 Å². The third kappa shape index (κ3) is 4.38. The number of nitrogens with zero attached hydrogens (tertiary/aromatic N) is 2. The molecule has 1 N–H and O–H groups in total. The molecule has 0 saturated carbocycles. The highest BCUT2D eigenvalue weighted by Crippen LogP contribution is 2.33. The molecule has 2 heterocycles. The number of amides is 1. The van der Waals surface area contributed by atoms with Crippen LogP contribution in [0.15, 0.2) is 47.5 Å². The van der Waals surface area contributed by atoms with E-state index in [1.54, 1.807) is 24.4 Å². The molecule has 0 radical (unpaired) electrons. The fourth-order valence-electron chi connectivity index (χ4n) is 3.90. The van der Waals surface area contributed by atoms with Crippen molar-refractivity contribution in [3.63, 3.8) is 0 Å². The van der Waals surface area contributed by atoms with Gasteiger partial charge in [0.1, 0.15) is 5.92 Å². The van der Waals surface area contributed by atoms with Gasteiger partial charge in [0, 0.05) is 18.4 Å². The first kappa shape index (κ1) is 19.3. The summed E-state index contributed by atoms with van der Waals surface area (Å²) in [6.45, 7) is 3.33. The van der Waals surface area contributed by atoms with E-state index in [0.29, 0.717) is 11.3 Å². The number of ether oxygens (including phenoxy) is 1. The molecule has 150 valence electrons. The molecule has 0 bridgehead atoms. The molecule has 0 spiro atoms. The van der Waals surface area contributed by atoms with Gasteiger partial charge in [0.05, 0.1) is 18.4 Å². The maximum absolute atomic E-state index is 12.4. The SMILES string of the molecule is COC(=O)c1ccc2c(c1)NC(=O)C2C=Nc1ccc(CN2CCCCC2)cc1. The Hall–Kier alpha value is -2.99. The van der Waals surface area contributed by atoms with Crippen LogP contribution >= 0.6 is 0 Å². The minimum Gasteiger partial charge on any atom is -0.465 e. The molecule has 2 aliphatic rings. The maximum Gasteiger partial charge on any atom is 0.337 e. The highest BCUT2D eigenvalue weighted by molar-refractivity contribution is 6.13. The summed E-state index contributed by atoms with van der Waals surface area (Å²) >= 11 is 0. The molecule has 0 aromatic heterocycles. The van der Waals surface area contributed by atoms with Gasteiger partial charge in [0.2, 0.25) is 5.91 Å². The zero-order valence-electron chi connectivity index (χ0n) is 16.6. The molecule has 4 rings (SSSR count). The quantitative estimate of drug-likeness (QED) is 0.620. The Labute approximate surface area is 170 Å². The molecule has 2 aliphatic heterocycles. The second kappa shape index (κ2) is 8.57. The molecule has 29 heavy (non-hydrogen) atoms. The lowest BCUT2D eigenvalue weighted by Crippen LogP contribution is -2.28. The molecule has 2 aromatic rings. The fraction of sp³-hybridized carbons (Fsp3) is 0.348. The molecule has 6 heteroatoms. The molecule has 6 nitrogen and oxygen atoms in total. The average molecular weight is 391 g/mol. The minimum absolute atomic E-state index is 0.146. The Morgan fingerprint density at radius 2 is 1.93 bits per heavy atom. The van der Waals surface area contributed by atoms with Crippen molar-refractivity contribution in [1.29, 1.82) is 0 Å². The first-order chi connectivity index (χ1) is 14.1. The fourth-order valence-corrected chi connectivity index (χ4v) is 3.90. The molecule has 1 saturated heterocycles. The van der Waals surface area contributed by atoms with Crippen LogP contribution in [-0.4, -0.2) is 43.2 Å². The van der Waals surface area contributed by atoms with Gasteiger partial charge in [-0.3, -0.25) is 14.7 Å². The van der Waals surface area contributed by atoms with Crippen molar-refractivity contribution in [3.05, 3.63) is 59.2 Å². The van der Waals surface area contributed by atoms with Crippen LogP contribution in [0.25, 0.3) is 0 Å². The summed E-state index contributed by atoms with van der Waals surface area (Å²) in [6, 6.07) is 13.3. The van der Waals surface area contributed by atoms with E-state index in [1.807, 2.05) is 12.1 Å². The van der Waals surface area contributed by atoms with Gasteiger partial charge in [-0.15, -0.1) is 0 Å². The third-order valence-corrected chi connectivity index (χ3v) is 5.51. The first-order valence-electron chi connectivity index (χ1n) is 10.0. The van der Waals surface area contributed by atoms with Crippen molar-refractivity contribution in [2.75, 3.05) is 25.5 Å². The van der Waals surface area contributed by atoms with Crippen LogP contribution in [0.4, 0.5) is 11.4 Å². The predicted octanol–water partition coefficient (Wildman–Crippen LogP) is 3.90. The number of hydrogen-bond acceptors (Lipinski definition) is 5. The van der Waals surface area contributed by atoms with Gasteiger partial charge in [-0.25, -0.2) is 4.79 Å². The zero-order valence-corrected chi connectivity index (χ0v) is 16.6. The normalized spacial score (nSPS) is 19.2. The lowest BCUT2D eigenvalue weighted by atomic mass is 10.0. The van der Waals surface area contributed by atoms with Crippen molar-refractivity contribution >= 4 is 29.5 Å². The summed E-state index contributed by atoms with van der Waals surface area (Å²) in [5, 5.41) is 2.81. The minimum atomic E-state index is -0.468. The Morgan fingerprint density at radius 3 is 2.66 bits per heavy atom. The van der Waals surface area contributed by atoms with E-state index in [2.05, 4.69) is 27.3 Å². The van der Waals surface area contributed by atoms with Gasteiger partial charge in [-0.05, 0) is 61.3 Å². The lowest BCUT2D eigenvalue weighted by Gasteiger charge is -2.26. The molecule has 2 aromatic carbocycles. The monoisotopic (exact) mass is 391 g/mol. The summed E-state index contributed by atoms with van der Waals surface area (Å²) in [4.78, 5) is 31.0. The van der Waals surface area contributed by atoms with Crippen molar-refractivity contribution < 1.29 is 14.3 Å². The van der Waals surface area contributed by atoms with Crippen LogP contribution in [-0.2, 0) is 16.1 Å². The zero-order chi connectivity index (χ0) is 20.2. The number of carbonyl (C=O) groups is 2. The van der Waals surface area contributed by atoms with Crippen LogP contribution in [0.2, 0.25) is 0 Å². The Bertz CT molecular complexity index is 931. The lowest BCUT2D eigenvalue weighted by molar-refractivity contribution is -0.115. The van der Waals surface area contributed by atoms with Crippen molar-refractivity contribution in [3.8, 4) is 0 Å². The number of piperidine rings is 1. The molecule has 0 aliphatic carbocycles. The number of rotatable bonds is 5. The topological polar surface area (TPSA) is 71.0 Å². The van der Waals surface area contributed by atoms with E-state index < -0.39 is 11.9 Å². The molecule has 1 atom stereocenters. The largest absolute Gasteiger partial charge is 0.465 e. The molecule has 1 fully saturated rings. The summed E-state index contributed by atoms with van der Waals surface area (Å²) in [5.74, 6) is -1.04. The maximum atomic E-state index is 12.4. The second-order valence-electron chi connectivity index (χ2n) is 7.54. The van der Waals surface area contributed by atoms with Gasteiger partial charge in [0.25, 0.3) is 0 Å². The highest BCUT2D eigenvalue weighted by atomic mass is 16.5. The molecule has 1 amide bonds. The first-order valence-corrected chi connectivity index (χ1v) is 10.0. The third-order valence-electron chi connectivity index (χ3n) is 5.51. The number of aliphatic imine (C=N–C) groups is 1. The number of benzene rings is 2. The number of esters is 1. The van der Waals surface area contributed by atoms with Gasteiger partial charge >= 0.3 is 5.97 Å². The Morgan fingerprint density at radius 1 is 1.17 bits per heavy atom.